The Balaban J connectivity index is 1.41. The first-order chi connectivity index (χ1) is 13.3. The summed E-state index contributed by atoms with van der Waals surface area (Å²) in [6.07, 6.45) is 5.32. The monoisotopic (exact) mass is 367 g/mol. The SMILES string of the molecule is COc1cnc(Nc2cccc3c2N=NC3)cc1OCCCN1CCCC1. The standard InChI is InChI=1S/C20H25N5O2/c1-26-18-14-21-19(23-16-7-4-6-15-13-22-24-20(15)16)12-17(18)27-11-5-10-25-8-2-3-9-25/h4,6-7,12,14H,2-3,5,8-11,13H2,1H3,(H,21,23). The number of methoxy groups -OCH3 is 1. The van der Waals surface area contributed by atoms with Gasteiger partial charge in [0.15, 0.2) is 11.5 Å². The molecule has 0 aliphatic carbocycles. The van der Waals surface area contributed by atoms with Crippen molar-refractivity contribution >= 4 is 17.2 Å². The summed E-state index contributed by atoms with van der Waals surface area (Å²) >= 11 is 0. The van der Waals surface area contributed by atoms with Crippen LogP contribution in [0.1, 0.15) is 24.8 Å². The molecular formula is C20H25N5O2. The van der Waals surface area contributed by atoms with Crippen LogP contribution in [0.25, 0.3) is 0 Å². The van der Waals surface area contributed by atoms with Gasteiger partial charge in [0.25, 0.3) is 0 Å². The maximum Gasteiger partial charge on any atom is 0.179 e. The summed E-state index contributed by atoms with van der Waals surface area (Å²) in [7, 11) is 1.63. The molecule has 2 aliphatic rings. The van der Waals surface area contributed by atoms with Crippen LogP contribution in [0.5, 0.6) is 11.5 Å². The Morgan fingerprint density at radius 2 is 2.07 bits per heavy atom. The smallest absolute Gasteiger partial charge is 0.179 e. The highest BCUT2D eigenvalue weighted by atomic mass is 16.5. The second-order valence-electron chi connectivity index (χ2n) is 6.81. The van der Waals surface area contributed by atoms with E-state index in [4.69, 9.17) is 9.47 Å². The number of nitrogens with zero attached hydrogens (tertiary/aromatic N) is 4. The van der Waals surface area contributed by atoms with Gasteiger partial charge in [0.05, 0.1) is 32.1 Å². The highest BCUT2D eigenvalue weighted by molar-refractivity contribution is 5.74. The minimum Gasteiger partial charge on any atom is -0.491 e. The number of aromatic nitrogens is 1. The summed E-state index contributed by atoms with van der Waals surface area (Å²) in [6.45, 7) is 4.80. The molecule has 0 bridgehead atoms. The van der Waals surface area contributed by atoms with E-state index in [0.717, 1.165) is 29.9 Å². The molecule has 0 amide bonds. The lowest BCUT2D eigenvalue weighted by Gasteiger charge is -2.16. The molecule has 0 spiro atoms. The molecule has 7 heteroatoms. The van der Waals surface area contributed by atoms with E-state index in [0.29, 0.717) is 30.5 Å². The van der Waals surface area contributed by atoms with E-state index in [9.17, 15) is 0 Å². The Morgan fingerprint density at radius 1 is 1.19 bits per heavy atom. The summed E-state index contributed by atoms with van der Waals surface area (Å²) in [4.78, 5) is 6.92. The van der Waals surface area contributed by atoms with Gasteiger partial charge in [-0.1, -0.05) is 12.1 Å². The molecule has 1 aromatic heterocycles. The number of anilines is 2. The van der Waals surface area contributed by atoms with Crippen LogP contribution >= 0.6 is 0 Å². The molecule has 0 unspecified atom stereocenters. The van der Waals surface area contributed by atoms with E-state index in [1.807, 2.05) is 24.3 Å². The van der Waals surface area contributed by atoms with Crippen LogP contribution in [0, 0.1) is 0 Å². The zero-order chi connectivity index (χ0) is 18.5. The van der Waals surface area contributed by atoms with Gasteiger partial charge in [-0.05, 0) is 38.4 Å². The molecule has 3 heterocycles. The third-order valence-electron chi connectivity index (χ3n) is 4.92. The largest absolute Gasteiger partial charge is 0.491 e. The number of rotatable bonds is 8. The molecule has 27 heavy (non-hydrogen) atoms. The maximum absolute atomic E-state index is 5.99. The second-order valence-corrected chi connectivity index (χ2v) is 6.81. The minimum atomic E-state index is 0.631. The number of nitrogens with one attached hydrogen (secondary N) is 1. The maximum atomic E-state index is 5.99. The number of fused-ring (bicyclic) bond motifs is 1. The van der Waals surface area contributed by atoms with Crippen molar-refractivity contribution in [1.29, 1.82) is 0 Å². The number of benzene rings is 1. The molecule has 1 N–H and O–H groups in total. The zero-order valence-corrected chi connectivity index (χ0v) is 15.6. The Morgan fingerprint density at radius 3 is 2.93 bits per heavy atom. The fourth-order valence-electron chi connectivity index (χ4n) is 3.49. The predicted octanol–water partition coefficient (Wildman–Crippen LogP) is 4.30. The third kappa shape index (κ3) is 4.19. The molecule has 0 saturated carbocycles. The lowest BCUT2D eigenvalue weighted by Crippen LogP contribution is -2.21. The van der Waals surface area contributed by atoms with E-state index in [1.165, 1.54) is 25.9 Å². The number of pyridine rings is 1. The van der Waals surface area contributed by atoms with Gasteiger partial charge >= 0.3 is 0 Å². The van der Waals surface area contributed by atoms with Crippen molar-refractivity contribution in [2.24, 2.45) is 10.2 Å². The van der Waals surface area contributed by atoms with Gasteiger partial charge in [0.2, 0.25) is 0 Å². The summed E-state index contributed by atoms with van der Waals surface area (Å²) in [5.74, 6) is 2.03. The summed E-state index contributed by atoms with van der Waals surface area (Å²) in [6, 6.07) is 7.89. The van der Waals surface area contributed by atoms with Crippen LogP contribution in [0.15, 0.2) is 40.7 Å². The molecular weight excluding hydrogens is 342 g/mol. The van der Waals surface area contributed by atoms with E-state index >= 15 is 0 Å². The van der Waals surface area contributed by atoms with Crippen LogP contribution in [-0.2, 0) is 6.54 Å². The van der Waals surface area contributed by atoms with Gasteiger partial charge in [-0.3, -0.25) is 0 Å². The number of likely N-dealkylation sites (tertiary alicyclic amines) is 1. The van der Waals surface area contributed by atoms with Crippen molar-refractivity contribution < 1.29 is 9.47 Å². The minimum absolute atomic E-state index is 0.631. The van der Waals surface area contributed by atoms with Crippen molar-refractivity contribution in [2.75, 3.05) is 38.7 Å². The molecule has 4 rings (SSSR count). The molecule has 0 radical (unpaired) electrons. The lowest BCUT2D eigenvalue weighted by molar-refractivity contribution is 0.254. The first kappa shape index (κ1) is 17.7. The second kappa shape index (κ2) is 8.35. The van der Waals surface area contributed by atoms with E-state index in [-0.39, 0.29) is 0 Å². The summed E-state index contributed by atoms with van der Waals surface area (Å²) in [5, 5.41) is 11.6. The van der Waals surface area contributed by atoms with Crippen LogP contribution in [0.4, 0.5) is 17.2 Å². The molecule has 2 aromatic rings. The van der Waals surface area contributed by atoms with Gasteiger partial charge in [0, 0.05) is 18.2 Å². The third-order valence-corrected chi connectivity index (χ3v) is 4.92. The quantitative estimate of drug-likeness (QED) is 0.705. The van der Waals surface area contributed by atoms with Gasteiger partial charge in [-0.15, -0.1) is 0 Å². The highest BCUT2D eigenvalue weighted by Crippen LogP contribution is 2.37. The van der Waals surface area contributed by atoms with E-state index in [2.05, 4.69) is 25.4 Å². The van der Waals surface area contributed by atoms with Crippen molar-refractivity contribution in [3.63, 3.8) is 0 Å². The molecule has 1 aromatic carbocycles. The van der Waals surface area contributed by atoms with Crippen LogP contribution in [-0.4, -0.2) is 43.2 Å². The van der Waals surface area contributed by atoms with Gasteiger partial charge < -0.3 is 19.7 Å². The van der Waals surface area contributed by atoms with Gasteiger partial charge in [-0.25, -0.2) is 4.98 Å². The first-order valence-electron chi connectivity index (χ1n) is 9.49. The van der Waals surface area contributed by atoms with Gasteiger partial charge in [0.1, 0.15) is 11.5 Å². The molecule has 2 aliphatic heterocycles. The van der Waals surface area contributed by atoms with Crippen molar-refractivity contribution in [2.45, 2.75) is 25.8 Å². The van der Waals surface area contributed by atoms with Crippen molar-refractivity contribution in [3.05, 3.63) is 36.0 Å². The molecule has 1 fully saturated rings. The lowest BCUT2D eigenvalue weighted by atomic mass is 10.1. The van der Waals surface area contributed by atoms with Crippen molar-refractivity contribution in [1.82, 2.24) is 9.88 Å². The molecule has 7 nitrogen and oxygen atoms in total. The molecule has 1 saturated heterocycles. The number of hydrogen-bond acceptors (Lipinski definition) is 7. The van der Waals surface area contributed by atoms with Gasteiger partial charge in [-0.2, -0.15) is 10.2 Å². The van der Waals surface area contributed by atoms with Crippen LogP contribution < -0.4 is 14.8 Å². The Bertz CT molecular complexity index is 818. The average Bonchev–Trinajstić information content (AvgIpc) is 3.37. The number of ether oxygens (including phenoxy) is 2. The highest BCUT2D eigenvalue weighted by Gasteiger charge is 2.15. The van der Waals surface area contributed by atoms with E-state index < -0.39 is 0 Å². The number of azo groups is 1. The Kier molecular flexibility index (Phi) is 5.48. The first-order valence-corrected chi connectivity index (χ1v) is 9.49. The molecule has 142 valence electrons. The normalized spacial score (nSPS) is 15.7. The predicted molar refractivity (Wildman–Crippen MR) is 105 cm³/mol. The molecule has 0 atom stereocenters. The fraction of sp³-hybridized carbons (Fsp3) is 0.450. The van der Waals surface area contributed by atoms with Crippen molar-refractivity contribution in [3.8, 4) is 11.5 Å². The van der Waals surface area contributed by atoms with Crippen LogP contribution in [0.3, 0.4) is 0 Å². The Hall–Kier alpha value is -2.67. The number of hydrogen-bond donors (Lipinski definition) is 1. The van der Waals surface area contributed by atoms with Crippen LogP contribution in [0.2, 0.25) is 0 Å². The fourth-order valence-corrected chi connectivity index (χ4v) is 3.49. The average molecular weight is 367 g/mol. The Labute approximate surface area is 159 Å². The zero-order valence-electron chi connectivity index (χ0n) is 15.6. The summed E-state index contributed by atoms with van der Waals surface area (Å²) < 4.78 is 11.4. The summed E-state index contributed by atoms with van der Waals surface area (Å²) in [5.41, 5.74) is 2.89. The topological polar surface area (TPSA) is 71.3 Å². The van der Waals surface area contributed by atoms with E-state index in [1.54, 1.807) is 13.3 Å².